The number of benzene rings is 1. The van der Waals surface area contributed by atoms with Crippen LogP contribution >= 0.6 is 0 Å². The van der Waals surface area contributed by atoms with E-state index in [1.54, 1.807) is 12.1 Å². The predicted octanol–water partition coefficient (Wildman–Crippen LogP) is 0.666. The van der Waals surface area contributed by atoms with Gasteiger partial charge in [0.05, 0.1) is 12.1 Å². The van der Waals surface area contributed by atoms with Crippen LogP contribution in [0.2, 0.25) is 0 Å². The fourth-order valence-corrected chi connectivity index (χ4v) is 1.47. The van der Waals surface area contributed by atoms with E-state index in [0.717, 1.165) is 5.69 Å². The summed E-state index contributed by atoms with van der Waals surface area (Å²) >= 11 is 0. The topological polar surface area (TPSA) is 73.8 Å². The van der Waals surface area contributed by atoms with Crippen molar-refractivity contribution < 1.29 is 9.59 Å². The van der Waals surface area contributed by atoms with Crippen LogP contribution in [0.25, 0.3) is 0 Å². The molecule has 88 valence electrons. The van der Waals surface area contributed by atoms with Crippen LogP contribution in [0.5, 0.6) is 0 Å². The number of urea groups is 1. The summed E-state index contributed by atoms with van der Waals surface area (Å²) in [6.45, 7) is 0. The summed E-state index contributed by atoms with van der Waals surface area (Å²) in [4.78, 5) is 22.2. The summed E-state index contributed by atoms with van der Waals surface area (Å²) < 4.78 is 0. The molecule has 0 saturated carbocycles. The van der Waals surface area contributed by atoms with Crippen molar-refractivity contribution in [2.75, 3.05) is 12.1 Å². The first kappa shape index (κ1) is 11.1. The second-order valence-electron chi connectivity index (χ2n) is 3.58. The van der Waals surface area contributed by atoms with Crippen LogP contribution in [0, 0.1) is 0 Å². The molecular weight excluding hydrogens is 220 g/mol. The van der Waals surface area contributed by atoms with Crippen LogP contribution in [0.15, 0.2) is 35.4 Å². The number of hydrogen-bond acceptors (Lipinski definition) is 4. The highest BCUT2D eigenvalue weighted by Crippen LogP contribution is 2.11. The summed E-state index contributed by atoms with van der Waals surface area (Å²) in [5.41, 5.74) is 0.875. The summed E-state index contributed by atoms with van der Waals surface area (Å²) in [6.07, 6.45) is 0.0723. The number of nitrogens with one attached hydrogen (secondary N) is 2. The molecule has 1 fully saturated rings. The molecule has 6 heteroatoms. The van der Waals surface area contributed by atoms with E-state index in [-0.39, 0.29) is 12.3 Å². The lowest BCUT2D eigenvalue weighted by Crippen LogP contribution is -2.50. The van der Waals surface area contributed by atoms with Gasteiger partial charge in [-0.05, 0) is 12.1 Å². The lowest BCUT2D eigenvalue weighted by Gasteiger charge is -2.19. The van der Waals surface area contributed by atoms with Gasteiger partial charge in [0.2, 0.25) is 5.91 Å². The summed E-state index contributed by atoms with van der Waals surface area (Å²) in [5.74, 6) is -0.0148. The highest BCUT2D eigenvalue weighted by molar-refractivity contribution is 6.16. The van der Waals surface area contributed by atoms with Crippen molar-refractivity contribution in [1.82, 2.24) is 10.6 Å². The molecule has 1 aliphatic rings. The molecule has 0 aromatic heterocycles. The maximum Gasteiger partial charge on any atom is 0.326 e. The van der Waals surface area contributed by atoms with Crippen LogP contribution in [0.1, 0.15) is 6.42 Å². The van der Waals surface area contributed by atoms with E-state index in [0.29, 0.717) is 5.84 Å². The molecule has 1 heterocycles. The predicted molar refractivity (Wildman–Crippen MR) is 63.6 cm³/mol. The standard InChI is InChI=1S/C11H12N4O2/c1-15(8-5-3-2-4-6-8)14-9-7-10(16)13-11(17)12-9/h2-6H,7H2,1H3,(H2,12,13,14,16,17). The molecule has 0 aliphatic carbocycles. The fourth-order valence-electron chi connectivity index (χ4n) is 1.47. The highest BCUT2D eigenvalue weighted by atomic mass is 16.2. The molecular formula is C11H12N4O2. The smallest absolute Gasteiger partial charge is 0.294 e. The third kappa shape index (κ3) is 2.81. The number of para-hydroxylation sites is 1. The zero-order valence-corrected chi connectivity index (χ0v) is 9.30. The minimum Gasteiger partial charge on any atom is -0.294 e. The Morgan fingerprint density at radius 2 is 1.88 bits per heavy atom. The van der Waals surface area contributed by atoms with Gasteiger partial charge in [0.25, 0.3) is 0 Å². The van der Waals surface area contributed by atoms with Gasteiger partial charge in [0, 0.05) is 7.05 Å². The van der Waals surface area contributed by atoms with Gasteiger partial charge in [-0.3, -0.25) is 20.4 Å². The molecule has 0 atom stereocenters. The van der Waals surface area contributed by atoms with Crippen LogP contribution in [-0.2, 0) is 4.79 Å². The SMILES string of the molecule is CN(N=C1CC(=O)NC(=O)N1)c1ccccc1. The maximum atomic E-state index is 11.1. The van der Waals surface area contributed by atoms with Crippen molar-refractivity contribution in [3.63, 3.8) is 0 Å². The van der Waals surface area contributed by atoms with Crippen molar-refractivity contribution in [3.8, 4) is 0 Å². The summed E-state index contributed by atoms with van der Waals surface area (Å²) in [7, 11) is 1.75. The molecule has 2 N–H and O–H groups in total. The Labute approximate surface area is 98.3 Å². The molecule has 1 aliphatic heterocycles. The molecule has 0 bridgehead atoms. The van der Waals surface area contributed by atoms with Crippen molar-refractivity contribution in [2.24, 2.45) is 5.10 Å². The number of amidine groups is 1. The molecule has 0 radical (unpaired) electrons. The van der Waals surface area contributed by atoms with Gasteiger partial charge in [-0.15, -0.1) is 0 Å². The minimum absolute atomic E-state index is 0.0723. The number of imide groups is 1. The molecule has 1 saturated heterocycles. The lowest BCUT2D eigenvalue weighted by molar-refractivity contribution is -0.119. The molecule has 0 unspecified atom stereocenters. The normalized spacial score (nSPS) is 17.6. The first-order valence-electron chi connectivity index (χ1n) is 5.12. The number of nitrogens with zero attached hydrogens (tertiary/aromatic N) is 2. The Hall–Kier alpha value is -2.37. The third-order valence-electron chi connectivity index (χ3n) is 2.24. The zero-order chi connectivity index (χ0) is 12.3. The third-order valence-corrected chi connectivity index (χ3v) is 2.24. The Kier molecular flexibility index (Phi) is 3.04. The Balaban J connectivity index is 2.13. The van der Waals surface area contributed by atoms with Crippen LogP contribution in [0.3, 0.4) is 0 Å². The largest absolute Gasteiger partial charge is 0.326 e. The fraction of sp³-hybridized carbons (Fsp3) is 0.182. The van der Waals surface area contributed by atoms with E-state index in [1.165, 1.54) is 0 Å². The Morgan fingerprint density at radius 3 is 2.53 bits per heavy atom. The van der Waals surface area contributed by atoms with Crippen LogP contribution < -0.4 is 15.6 Å². The number of amides is 3. The van der Waals surface area contributed by atoms with Crippen molar-refractivity contribution in [2.45, 2.75) is 6.42 Å². The monoisotopic (exact) mass is 232 g/mol. The van der Waals surface area contributed by atoms with E-state index < -0.39 is 6.03 Å². The van der Waals surface area contributed by atoms with Crippen LogP contribution in [0.4, 0.5) is 10.5 Å². The Bertz CT molecular complexity index is 452. The number of hydrazone groups is 1. The van der Waals surface area contributed by atoms with Gasteiger partial charge >= 0.3 is 6.03 Å². The van der Waals surface area contributed by atoms with E-state index in [4.69, 9.17) is 0 Å². The maximum absolute atomic E-state index is 11.1. The van der Waals surface area contributed by atoms with E-state index in [2.05, 4.69) is 15.7 Å². The number of anilines is 1. The second kappa shape index (κ2) is 4.65. The highest BCUT2D eigenvalue weighted by Gasteiger charge is 2.20. The number of carbonyl (C=O) groups is 2. The number of hydrogen-bond donors (Lipinski definition) is 2. The zero-order valence-electron chi connectivity index (χ0n) is 9.30. The first-order valence-corrected chi connectivity index (χ1v) is 5.12. The molecule has 17 heavy (non-hydrogen) atoms. The summed E-state index contributed by atoms with van der Waals surface area (Å²) in [6, 6.07) is 8.90. The van der Waals surface area contributed by atoms with E-state index in [9.17, 15) is 9.59 Å². The molecule has 1 aromatic rings. The number of rotatable bonds is 2. The lowest BCUT2D eigenvalue weighted by atomic mass is 10.3. The molecule has 1 aromatic carbocycles. The van der Waals surface area contributed by atoms with Gasteiger partial charge in [0.1, 0.15) is 5.84 Å². The van der Waals surface area contributed by atoms with Gasteiger partial charge in [0.15, 0.2) is 0 Å². The van der Waals surface area contributed by atoms with Crippen molar-refractivity contribution >= 4 is 23.5 Å². The molecule has 2 rings (SSSR count). The quantitative estimate of drug-likeness (QED) is 0.736. The average Bonchev–Trinajstić information content (AvgIpc) is 2.28. The first-order chi connectivity index (χ1) is 8.15. The van der Waals surface area contributed by atoms with Crippen molar-refractivity contribution in [1.29, 1.82) is 0 Å². The van der Waals surface area contributed by atoms with Crippen molar-refractivity contribution in [3.05, 3.63) is 30.3 Å². The van der Waals surface area contributed by atoms with Gasteiger partial charge < -0.3 is 0 Å². The van der Waals surface area contributed by atoms with Gasteiger partial charge in [-0.1, -0.05) is 18.2 Å². The van der Waals surface area contributed by atoms with Crippen LogP contribution in [-0.4, -0.2) is 24.8 Å². The van der Waals surface area contributed by atoms with E-state index in [1.807, 2.05) is 30.3 Å². The number of carbonyl (C=O) groups excluding carboxylic acids is 2. The second-order valence-corrected chi connectivity index (χ2v) is 3.58. The van der Waals surface area contributed by atoms with Gasteiger partial charge in [-0.2, -0.15) is 5.10 Å². The molecule has 3 amide bonds. The summed E-state index contributed by atoms with van der Waals surface area (Å²) in [5, 5.41) is 10.4. The minimum atomic E-state index is -0.540. The van der Waals surface area contributed by atoms with E-state index >= 15 is 0 Å². The molecule has 6 nitrogen and oxygen atoms in total. The Morgan fingerprint density at radius 1 is 1.18 bits per heavy atom. The average molecular weight is 232 g/mol. The molecule has 0 spiro atoms. The van der Waals surface area contributed by atoms with Gasteiger partial charge in [-0.25, -0.2) is 4.79 Å².